The maximum absolute atomic E-state index is 13.7. The number of aryl methyl sites for hydroxylation is 2. The molecule has 0 unspecified atom stereocenters. The number of nitrogens with zero attached hydrogens (tertiary/aromatic N) is 1. The molecule has 0 radical (unpaired) electrons. The fraction of sp³-hybridized carbons (Fsp3) is 0.0909. The SMILES string of the molecule is Cc1cc2nc(-c3ccc(NC(=O)c4cc(F)ccc4F)cc3)[nH]c2cc1C. The Morgan fingerprint density at radius 3 is 2.43 bits per heavy atom. The number of aromatic amines is 1. The summed E-state index contributed by atoms with van der Waals surface area (Å²) in [5.74, 6) is -1.44. The molecule has 4 nitrogen and oxygen atoms in total. The zero-order valence-corrected chi connectivity index (χ0v) is 15.3. The van der Waals surface area contributed by atoms with Gasteiger partial charge in [0.15, 0.2) is 0 Å². The van der Waals surface area contributed by atoms with Crippen molar-refractivity contribution in [3.8, 4) is 11.4 Å². The lowest BCUT2D eigenvalue weighted by atomic mass is 10.1. The number of nitrogens with one attached hydrogen (secondary N) is 2. The molecular weight excluding hydrogens is 360 g/mol. The molecule has 4 rings (SSSR count). The Morgan fingerprint density at radius 2 is 1.68 bits per heavy atom. The first-order chi connectivity index (χ1) is 13.4. The minimum absolute atomic E-state index is 0.341. The summed E-state index contributed by atoms with van der Waals surface area (Å²) in [6.07, 6.45) is 0. The van der Waals surface area contributed by atoms with E-state index in [2.05, 4.69) is 21.4 Å². The minimum Gasteiger partial charge on any atom is -0.338 e. The number of H-pyrrole nitrogens is 1. The van der Waals surface area contributed by atoms with E-state index in [0.29, 0.717) is 11.5 Å². The number of benzene rings is 3. The second-order valence-electron chi connectivity index (χ2n) is 6.69. The van der Waals surface area contributed by atoms with Crippen molar-refractivity contribution < 1.29 is 13.6 Å². The van der Waals surface area contributed by atoms with Crippen molar-refractivity contribution in [1.29, 1.82) is 0 Å². The van der Waals surface area contributed by atoms with Gasteiger partial charge in [-0.3, -0.25) is 4.79 Å². The number of aromatic nitrogens is 2. The molecule has 0 aliphatic heterocycles. The first-order valence-electron chi connectivity index (χ1n) is 8.74. The van der Waals surface area contributed by atoms with E-state index < -0.39 is 17.5 Å². The molecular formula is C22H17F2N3O. The number of hydrogen-bond donors (Lipinski definition) is 2. The fourth-order valence-corrected chi connectivity index (χ4v) is 2.99. The molecule has 0 atom stereocenters. The van der Waals surface area contributed by atoms with Gasteiger partial charge in [-0.1, -0.05) is 0 Å². The number of carbonyl (C=O) groups is 1. The van der Waals surface area contributed by atoms with Gasteiger partial charge in [-0.25, -0.2) is 13.8 Å². The molecule has 0 spiro atoms. The maximum Gasteiger partial charge on any atom is 0.258 e. The molecule has 140 valence electrons. The molecule has 1 amide bonds. The molecule has 1 heterocycles. The van der Waals surface area contributed by atoms with Crippen LogP contribution in [0.1, 0.15) is 21.5 Å². The van der Waals surface area contributed by atoms with Crippen molar-refractivity contribution in [2.24, 2.45) is 0 Å². The molecule has 0 bridgehead atoms. The van der Waals surface area contributed by atoms with E-state index in [1.165, 1.54) is 11.1 Å². The summed E-state index contributed by atoms with van der Waals surface area (Å²) in [5, 5.41) is 2.57. The number of rotatable bonds is 3. The highest BCUT2D eigenvalue weighted by atomic mass is 19.1. The molecule has 6 heteroatoms. The van der Waals surface area contributed by atoms with Crippen molar-refractivity contribution in [1.82, 2.24) is 9.97 Å². The lowest BCUT2D eigenvalue weighted by molar-refractivity contribution is 0.102. The van der Waals surface area contributed by atoms with E-state index >= 15 is 0 Å². The highest BCUT2D eigenvalue weighted by molar-refractivity contribution is 6.04. The van der Waals surface area contributed by atoms with Gasteiger partial charge in [0.05, 0.1) is 16.6 Å². The summed E-state index contributed by atoms with van der Waals surface area (Å²) < 4.78 is 27.0. The molecule has 2 N–H and O–H groups in total. The van der Waals surface area contributed by atoms with Crippen molar-refractivity contribution in [3.05, 3.63) is 82.9 Å². The van der Waals surface area contributed by atoms with Crippen LogP contribution in [0.3, 0.4) is 0 Å². The van der Waals surface area contributed by atoms with Crippen LogP contribution in [0.5, 0.6) is 0 Å². The lowest BCUT2D eigenvalue weighted by Gasteiger charge is -2.07. The quantitative estimate of drug-likeness (QED) is 0.504. The van der Waals surface area contributed by atoms with Crippen molar-refractivity contribution >= 4 is 22.6 Å². The summed E-state index contributed by atoms with van der Waals surface area (Å²) in [5.41, 5.74) is 5.18. The average Bonchev–Trinajstić information content (AvgIpc) is 3.07. The van der Waals surface area contributed by atoms with E-state index in [9.17, 15) is 13.6 Å². The predicted molar refractivity (Wildman–Crippen MR) is 105 cm³/mol. The standard InChI is InChI=1S/C22H17F2N3O/c1-12-9-19-20(10-13(12)2)27-21(26-19)14-3-6-16(7-4-14)25-22(28)17-11-15(23)5-8-18(17)24/h3-11H,1-2H3,(H,25,28)(H,26,27). The van der Waals surface area contributed by atoms with Gasteiger partial charge in [-0.15, -0.1) is 0 Å². The van der Waals surface area contributed by atoms with Crippen LogP contribution in [0.2, 0.25) is 0 Å². The third kappa shape index (κ3) is 3.36. The molecule has 0 aliphatic rings. The summed E-state index contributed by atoms with van der Waals surface area (Å²) in [6, 6.07) is 13.8. The molecule has 0 saturated carbocycles. The summed E-state index contributed by atoms with van der Waals surface area (Å²) in [7, 11) is 0. The molecule has 0 aliphatic carbocycles. The molecule has 28 heavy (non-hydrogen) atoms. The number of carbonyl (C=O) groups excluding carboxylic acids is 1. The Morgan fingerprint density at radius 1 is 0.964 bits per heavy atom. The second kappa shape index (κ2) is 6.88. The van der Waals surface area contributed by atoms with E-state index in [1.54, 1.807) is 24.3 Å². The average molecular weight is 377 g/mol. The summed E-state index contributed by atoms with van der Waals surface area (Å²) >= 11 is 0. The van der Waals surface area contributed by atoms with Crippen LogP contribution < -0.4 is 5.32 Å². The van der Waals surface area contributed by atoms with Crippen LogP contribution in [0.25, 0.3) is 22.4 Å². The van der Waals surface area contributed by atoms with E-state index in [4.69, 9.17) is 0 Å². The van der Waals surface area contributed by atoms with Gasteiger partial charge in [0.25, 0.3) is 5.91 Å². The lowest BCUT2D eigenvalue weighted by Crippen LogP contribution is -2.14. The zero-order valence-electron chi connectivity index (χ0n) is 15.3. The monoisotopic (exact) mass is 377 g/mol. The number of anilines is 1. The van der Waals surface area contributed by atoms with E-state index in [1.807, 2.05) is 19.9 Å². The highest BCUT2D eigenvalue weighted by Crippen LogP contribution is 2.24. The van der Waals surface area contributed by atoms with Crippen molar-refractivity contribution in [2.75, 3.05) is 5.32 Å². The number of imidazole rings is 1. The van der Waals surface area contributed by atoms with Crippen LogP contribution in [-0.4, -0.2) is 15.9 Å². The first-order valence-corrected chi connectivity index (χ1v) is 8.74. The van der Waals surface area contributed by atoms with Gasteiger partial charge in [0.1, 0.15) is 17.5 Å². The third-order valence-electron chi connectivity index (χ3n) is 4.69. The van der Waals surface area contributed by atoms with Crippen LogP contribution in [-0.2, 0) is 0 Å². The normalized spacial score (nSPS) is 11.0. The van der Waals surface area contributed by atoms with Gasteiger partial charge >= 0.3 is 0 Å². The van der Waals surface area contributed by atoms with Crippen LogP contribution in [0.4, 0.5) is 14.5 Å². The van der Waals surface area contributed by atoms with Gasteiger partial charge in [-0.2, -0.15) is 0 Å². The number of amides is 1. The largest absolute Gasteiger partial charge is 0.338 e. The number of fused-ring (bicyclic) bond motifs is 1. The first kappa shape index (κ1) is 17.9. The smallest absolute Gasteiger partial charge is 0.258 e. The van der Waals surface area contributed by atoms with E-state index in [-0.39, 0.29) is 5.56 Å². The topological polar surface area (TPSA) is 57.8 Å². The van der Waals surface area contributed by atoms with Gasteiger partial charge < -0.3 is 10.3 Å². The maximum atomic E-state index is 13.7. The molecule has 4 aromatic rings. The van der Waals surface area contributed by atoms with Gasteiger partial charge in [-0.05, 0) is 79.6 Å². The Labute approximate surface area is 160 Å². The minimum atomic E-state index is -0.775. The summed E-state index contributed by atoms with van der Waals surface area (Å²) in [4.78, 5) is 20.1. The highest BCUT2D eigenvalue weighted by Gasteiger charge is 2.13. The predicted octanol–water partition coefficient (Wildman–Crippen LogP) is 5.38. The van der Waals surface area contributed by atoms with Crippen LogP contribution in [0.15, 0.2) is 54.6 Å². The van der Waals surface area contributed by atoms with E-state index in [0.717, 1.165) is 34.8 Å². The zero-order chi connectivity index (χ0) is 19.8. The Bertz CT molecular complexity index is 1160. The Hall–Kier alpha value is -3.54. The Balaban J connectivity index is 1.57. The molecule has 3 aromatic carbocycles. The molecule has 0 fully saturated rings. The number of halogens is 2. The van der Waals surface area contributed by atoms with Crippen LogP contribution in [0, 0.1) is 25.5 Å². The Kier molecular flexibility index (Phi) is 4.39. The van der Waals surface area contributed by atoms with Crippen molar-refractivity contribution in [3.63, 3.8) is 0 Å². The fourth-order valence-electron chi connectivity index (χ4n) is 2.99. The molecule has 1 aromatic heterocycles. The molecule has 0 saturated heterocycles. The second-order valence-corrected chi connectivity index (χ2v) is 6.69. The van der Waals surface area contributed by atoms with Crippen LogP contribution >= 0.6 is 0 Å². The van der Waals surface area contributed by atoms with Gasteiger partial charge in [0, 0.05) is 11.3 Å². The van der Waals surface area contributed by atoms with Gasteiger partial charge in [0.2, 0.25) is 0 Å². The van der Waals surface area contributed by atoms with Crippen molar-refractivity contribution in [2.45, 2.75) is 13.8 Å². The number of hydrogen-bond acceptors (Lipinski definition) is 2. The third-order valence-corrected chi connectivity index (χ3v) is 4.69. The summed E-state index contributed by atoms with van der Waals surface area (Å²) in [6.45, 7) is 4.09.